The van der Waals surface area contributed by atoms with Crippen molar-refractivity contribution in [3.8, 4) is 0 Å². The summed E-state index contributed by atoms with van der Waals surface area (Å²) in [6.07, 6.45) is 1.50. The fraction of sp³-hybridized carbons (Fsp3) is 0. The second-order valence-corrected chi connectivity index (χ2v) is 2.24. The van der Waals surface area contributed by atoms with Crippen molar-refractivity contribution in [1.82, 2.24) is 10.2 Å². The molecule has 3 heteroatoms. The summed E-state index contributed by atoms with van der Waals surface area (Å²) >= 11 is 0. The number of benzene rings is 1. The van der Waals surface area contributed by atoms with E-state index in [2.05, 4.69) is 5.10 Å². The van der Waals surface area contributed by atoms with Crippen LogP contribution >= 0.6 is 0 Å². The Hall–Kier alpha value is -1.64. The van der Waals surface area contributed by atoms with Crippen molar-refractivity contribution in [2.45, 2.75) is 0 Å². The molecule has 2 rings (SSSR count). The Morgan fingerprint density at radius 3 is 3.18 bits per heavy atom. The number of hydrogen-bond acceptors (Lipinski definition) is 2. The first-order valence-electron chi connectivity index (χ1n) is 3.70. The minimum Gasteiger partial charge on any atom is -0.267 e. The zero-order valence-electron chi connectivity index (χ0n) is 6.69. The van der Waals surface area contributed by atoms with Gasteiger partial charge in [-0.25, -0.2) is 5.09 Å². The molecule has 0 atom stereocenters. The smallest absolute Gasteiger partial charge is 0.267 e. The zero-order valence-corrected chi connectivity index (χ0v) is 5.69. The molecule has 0 radical (unpaired) electrons. The summed E-state index contributed by atoms with van der Waals surface area (Å²) in [6, 6.07) is 7.08. The van der Waals surface area contributed by atoms with Crippen molar-refractivity contribution in [1.29, 1.82) is 0 Å². The highest BCUT2D eigenvalue weighted by Crippen LogP contribution is 2.04. The van der Waals surface area contributed by atoms with Gasteiger partial charge in [0.25, 0.3) is 5.56 Å². The lowest BCUT2D eigenvalue weighted by atomic mass is 10.2. The first kappa shape index (κ1) is 5.07. The fourth-order valence-corrected chi connectivity index (χ4v) is 1.00. The van der Waals surface area contributed by atoms with Gasteiger partial charge in [0, 0.05) is 10.8 Å². The molecule has 0 aliphatic rings. The number of aromatic amines is 1. The van der Waals surface area contributed by atoms with Crippen LogP contribution in [0.5, 0.6) is 0 Å². The van der Waals surface area contributed by atoms with Crippen molar-refractivity contribution < 1.29 is 1.41 Å². The molecule has 0 saturated carbocycles. The molecule has 2 aromatic rings. The molecule has 0 saturated heterocycles. The van der Waals surface area contributed by atoms with Crippen LogP contribution < -0.4 is 5.56 Å². The van der Waals surface area contributed by atoms with Crippen LogP contribution in [0.25, 0.3) is 10.8 Å². The van der Waals surface area contributed by atoms with Crippen LogP contribution in [-0.2, 0) is 0 Å². The molecule has 3 nitrogen and oxygen atoms in total. The van der Waals surface area contributed by atoms with Crippen LogP contribution in [0.2, 0.25) is 1.41 Å². The molecule has 0 aliphatic heterocycles. The van der Waals surface area contributed by atoms with Gasteiger partial charge < -0.3 is 0 Å². The predicted molar refractivity (Wildman–Crippen MR) is 42.4 cm³/mol. The molecule has 1 aromatic heterocycles. The summed E-state index contributed by atoms with van der Waals surface area (Å²) in [4.78, 5) is 11.2. The quantitative estimate of drug-likeness (QED) is 0.602. The number of fused-ring (bicyclic) bond motifs is 1. The summed E-state index contributed by atoms with van der Waals surface area (Å²) in [6.45, 7) is 0. The zero-order chi connectivity index (χ0) is 8.55. The standard InChI is InChI=1S/C8H6N2O/c11-8-7-4-2-1-3-6(7)5-9-10-8/h1-5H,(H,10,11)/i/hD. The molecule has 0 unspecified atom stereocenters. The van der Waals surface area contributed by atoms with Crippen molar-refractivity contribution in [2.75, 3.05) is 0 Å². The van der Waals surface area contributed by atoms with Crippen molar-refractivity contribution in [3.63, 3.8) is 0 Å². The largest absolute Gasteiger partial charge is 0.272 e. The van der Waals surface area contributed by atoms with E-state index in [9.17, 15) is 4.79 Å². The van der Waals surface area contributed by atoms with Gasteiger partial charge in [0.15, 0.2) is 1.41 Å². The van der Waals surface area contributed by atoms with Gasteiger partial charge in [-0.15, -0.1) is 0 Å². The maximum absolute atomic E-state index is 11.2. The number of nitrogens with one attached hydrogen (secondary N) is 1. The minimum atomic E-state index is -0.381. The van der Waals surface area contributed by atoms with Gasteiger partial charge in [-0.1, -0.05) is 18.2 Å². The van der Waals surface area contributed by atoms with Crippen molar-refractivity contribution >= 4 is 10.8 Å². The summed E-state index contributed by atoms with van der Waals surface area (Å²) in [7, 11) is 0. The lowest BCUT2D eigenvalue weighted by molar-refractivity contribution is 1.01. The summed E-state index contributed by atoms with van der Waals surface area (Å²) in [5.74, 6) is 0. The van der Waals surface area contributed by atoms with E-state index in [-0.39, 0.29) is 5.56 Å². The average Bonchev–Trinajstić information content (AvgIpc) is 2.12. The number of nitrogens with zero attached hydrogens (tertiary/aromatic N) is 1. The van der Waals surface area contributed by atoms with Gasteiger partial charge in [-0.3, -0.25) is 4.79 Å². The Morgan fingerprint density at radius 1 is 1.45 bits per heavy atom. The molecule has 0 spiro atoms. The molecule has 1 heterocycles. The van der Waals surface area contributed by atoms with E-state index >= 15 is 0 Å². The number of H-pyrrole nitrogens is 1. The Labute approximate surface area is 64.1 Å². The highest BCUT2D eigenvalue weighted by atomic mass is 16.1. The van der Waals surface area contributed by atoms with E-state index in [1.54, 1.807) is 18.2 Å². The van der Waals surface area contributed by atoms with E-state index in [1.165, 1.54) is 6.20 Å². The number of aromatic nitrogens is 2. The molecule has 0 amide bonds. The summed E-state index contributed by atoms with van der Waals surface area (Å²) in [5.41, 5.74) is -0.381. The van der Waals surface area contributed by atoms with Crippen LogP contribution in [0.4, 0.5) is 0 Å². The highest BCUT2D eigenvalue weighted by Gasteiger charge is 1.93. The average molecular weight is 147 g/mol. The van der Waals surface area contributed by atoms with E-state index in [1.807, 2.05) is 6.07 Å². The van der Waals surface area contributed by atoms with Crippen LogP contribution in [0, 0.1) is 0 Å². The van der Waals surface area contributed by atoms with E-state index in [0.717, 1.165) is 5.39 Å². The van der Waals surface area contributed by atoms with Crippen LogP contribution in [0.15, 0.2) is 35.3 Å². The Bertz CT molecular complexity index is 478. The molecule has 1 N–H and O–H groups in total. The third kappa shape index (κ3) is 0.902. The monoisotopic (exact) mass is 147 g/mol. The predicted octanol–water partition coefficient (Wildman–Crippen LogP) is 0.923. The maximum Gasteiger partial charge on any atom is 0.272 e. The van der Waals surface area contributed by atoms with E-state index < -0.39 is 0 Å². The third-order valence-electron chi connectivity index (χ3n) is 1.54. The first-order valence-corrected chi connectivity index (χ1v) is 3.25. The van der Waals surface area contributed by atoms with Gasteiger partial charge in [-0.05, 0) is 6.07 Å². The molecule has 0 fully saturated rings. The van der Waals surface area contributed by atoms with Crippen LogP contribution in [0.1, 0.15) is 0 Å². The van der Waals surface area contributed by atoms with Gasteiger partial charge in [0.05, 0.1) is 6.20 Å². The molecule has 54 valence electrons. The molecule has 0 bridgehead atoms. The molecular weight excluding hydrogens is 140 g/mol. The topological polar surface area (TPSA) is 45.8 Å². The second kappa shape index (κ2) is 2.20. The minimum absolute atomic E-state index is 0.381. The molecule has 0 aliphatic carbocycles. The van der Waals surface area contributed by atoms with Crippen LogP contribution in [0.3, 0.4) is 0 Å². The molecule has 1 aromatic carbocycles. The fourth-order valence-electron chi connectivity index (χ4n) is 1.00. The highest BCUT2D eigenvalue weighted by molar-refractivity contribution is 5.80. The lowest BCUT2D eigenvalue weighted by Gasteiger charge is -1.91. The van der Waals surface area contributed by atoms with Crippen LogP contribution in [-0.4, -0.2) is 10.2 Å². The third-order valence-corrected chi connectivity index (χ3v) is 1.54. The normalized spacial score (nSPS) is 11.5. The van der Waals surface area contributed by atoms with Gasteiger partial charge >= 0.3 is 0 Å². The van der Waals surface area contributed by atoms with Gasteiger partial charge in [0.1, 0.15) is 0 Å². The van der Waals surface area contributed by atoms with Gasteiger partial charge in [-0.2, -0.15) is 5.10 Å². The summed E-state index contributed by atoms with van der Waals surface area (Å²) < 4.78 is 7.09. The van der Waals surface area contributed by atoms with Crippen molar-refractivity contribution in [2.24, 2.45) is 0 Å². The Balaban J connectivity index is 3.01. The maximum atomic E-state index is 11.2. The Morgan fingerprint density at radius 2 is 2.27 bits per heavy atom. The SMILES string of the molecule is [2H]n1ncc2ccccc2c1=O. The van der Waals surface area contributed by atoms with E-state index in [4.69, 9.17) is 1.41 Å². The summed E-state index contributed by atoms with van der Waals surface area (Å²) in [5, 5.41) is 5.46. The number of hydrogen-bond donors (Lipinski definition) is 1. The second-order valence-electron chi connectivity index (χ2n) is 2.24. The first-order chi connectivity index (χ1) is 5.79. The van der Waals surface area contributed by atoms with Gasteiger partial charge in [0.2, 0.25) is 0 Å². The Kier molecular flexibility index (Phi) is 1.01. The molecular formula is C8H6N2O. The van der Waals surface area contributed by atoms with E-state index in [0.29, 0.717) is 10.5 Å². The van der Waals surface area contributed by atoms with Crippen molar-refractivity contribution in [3.05, 3.63) is 40.8 Å². The lowest BCUT2D eigenvalue weighted by Crippen LogP contribution is -2.06. The number of rotatable bonds is 0. The molecule has 11 heavy (non-hydrogen) atoms.